The van der Waals surface area contributed by atoms with E-state index in [1.54, 1.807) is 0 Å². The van der Waals surface area contributed by atoms with Crippen LogP contribution in [-0.2, 0) is 14.9 Å². The van der Waals surface area contributed by atoms with E-state index in [0.29, 0.717) is 0 Å². The number of hydrogen-bond acceptors (Lipinski definition) is 3. The van der Waals surface area contributed by atoms with Gasteiger partial charge in [0.1, 0.15) is 5.75 Å². The minimum Gasteiger partial charge on any atom is -0.365 e. The first kappa shape index (κ1) is 13.7. The minimum absolute atomic E-state index is 0.775. The predicted molar refractivity (Wildman–Crippen MR) is 42.5 cm³/mol. The Labute approximate surface area is 79.8 Å². The van der Waals surface area contributed by atoms with Gasteiger partial charge in [-0.3, -0.25) is 4.55 Å². The molecule has 1 unspecified atom stereocenters. The number of ether oxygens (including phenoxy) is 1. The Bertz CT molecular complexity index is 269. The molecule has 86 valence electrons. The Kier molecular flexibility index (Phi) is 4.34. The molecule has 0 spiro atoms. The Balaban J connectivity index is 4.58. The smallest absolute Gasteiger partial charge is 0.365 e. The first-order chi connectivity index (χ1) is 6.02. The number of halogens is 3. The molecule has 0 aromatic rings. The van der Waals surface area contributed by atoms with E-state index in [-0.39, 0.29) is 0 Å². The second kappa shape index (κ2) is 4.45. The van der Waals surface area contributed by atoms with Crippen molar-refractivity contribution in [2.45, 2.75) is 32.2 Å². The Morgan fingerprint density at radius 3 is 2.00 bits per heavy atom. The molecule has 4 nitrogen and oxygen atoms in total. The topological polar surface area (TPSA) is 63.6 Å². The molecule has 0 aromatic carbocycles. The fraction of sp³-hybridized carbons (Fsp3) is 1.00. The SMILES string of the molecule is CC(C)OC(CS(=O)(=O)O)C(F)(F)F. The molecule has 0 aromatic heterocycles. The maximum atomic E-state index is 12.1. The van der Waals surface area contributed by atoms with Gasteiger partial charge in [-0.1, -0.05) is 0 Å². The average molecular weight is 236 g/mol. The first-order valence-electron chi connectivity index (χ1n) is 3.69. The van der Waals surface area contributed by atoms with E-state index >= 15 is 0 Å². The number of alkyl halides is 3. The van der Waals surface area contributed by atoms with Gasteiger partial charge in [-0.05, 0) is 13.8 Å². The number of hydrogen-bond donors (Lipinski definition) is 1. The lowest BCUT2D eigenvalue weighted by Gasteiger charge is -2.21. The van der Waals surface area contributed by atoms with Crippen LogP contribution < -0.4 is 0 Å². The van der Waals surface area contributed by atoms with Crippen LogP contribution >= 0.6 is 0 Å². The molecular weight excluding hydrogens is 225 g/mol. The lowest BCUT2D eigenvalue weighted by molar-refractivity contribution is -0.222. The zero-order chi connectivity index (χ0) is 11.6. The van der Waals surface area contributed by atoms with Gasteiger partial charge in [-0.2, -0.15) is 21.6 Å². The van der Waals surface area contributed by atoms with Gasteiger partial charge in [-0.25, -0.2) is 0 Å². The van der Waals surface area contributed by atoms with Crippen molar-refractivity contribution in [1.82, 2.24) is 0 Å². The van der Waals surface area contributed by atoms with Crippen LogP contribution in [0.2, 0.25) is 0 Å². The molecule has 8 heteroatoms. The van der Waals surface area contributed by atoms with Crippen LogP contribution in [0.15, 0.2) is 0 Å². The van der Waals surface area contributed by atoms with Crippen LogP contribution in [0, 0.1) is 0 Å². The van der Waals surface area contributed by atoms with Crippen molar-refractivity contribution in [3.63, 3.8) is 0 Å². The van der Waals surface area contributed by atoms with Crippen molar-refractivity contribution in [1.29, 1.82) is 0 Å². The molecule has 0 saturated carbocycles. The summed E-state index contributed by atoms with van der Waals surface area (Å²) in [6.07, 6.45) is -8.07. The molecule has 0 aliphatic carbocycles. The van der Waals surface area contributed by atoms with Crippen molar-refractivity contribution >= 4 is 10.1 Å². The standard InChI is InChI=1S/C6H11F3O4S/c1-4(2)13-5(6(7,8)9)3-14(10,11)12/h4-5H,3H2,1-2H3,(H,10,11,12). The van der Waals surface area contributed by atoms with E-state index in [0.717, 1.165) is 0 Å². The van der Waals surface area contributed by atoms with Crippen LogP contribution in [0.5, 0.6) is 0 Å². The lowest BCUT2D eigenvalue weighted by atomic mass is 10.3. The molecule has 1 atom stereocenters. The fourth-order valence-electron chi connectivity index (χ4n) is 0.731. The van der Waals surface area contributed by atoms with Crippen LogP contribution in [-0.4, -0.2) is 37.1 Å². The van der Waals surface area contributed by atoms with Crippen LogP contribution in [0.1, 0.15) is 13.8 Å². The Hall–Kier alpha value is -0.340. The maximum absolute atomic E-state index is 12.1. The quantitative estimate of drug-likeness (QED) is 0.746. The molecule has 0 aliphatic heterocycles. The summed E-state index contributed by atoms with van der Waals surface area (Å²) in [5, 5.41) is 0. The highest BCUT2D eigenvalue weighted by Crippen LogP contribution is 2.24. The summed E-state index contributed by atoms with van der Waals surface area (Å²) < 4.78 is 69.4. The van der Waals surface area contributed by atoms with E-state index in [2.05, 4.69) is 4.74 Å². The highest BCUT2D eigenvalue weighted by molar-refractivity contribution is 7.85. The lowest BCUT2D eigenvalue weighted by Crippen LogP contribution is -2.39. The van der Waals surface area contributed by atoms with Gasteiger partial charge in [0.25, 0.3) is 10.1 Å². The van der Waals surface area contributed by atoms with E-state index in [9.17, 15) is 21.6 Å². The van der Waals surface area contributed by atoms with E-state index < -0.39 is 34.3 Å². The minimum atomic E-state index is -4.81. The van der Waals surface area contributed by atoms with Gasteiger partial charge in [0.2, 0.25) is 0 Å². The zero-order valence-corrected chi connectivity index (χ0v) is 8.39. The highest BCUT2D eigenvalue weighted by atomic mass is 32.2. The Morgan fingerprint density at radius 2 is 1.79 bits per heavy atom. The molecule has 0 bridgehead atoms. The van der Waals surface area contributed by atoms with Crippen molar-refractivity contribution in [2.75, 3.05) is 5.75 Å². The summed E-state index contributed by atoms with van der Waals surface area (Å²) in [6.45, 7) is 2.67. The van der Waals surface area contributed by atoms with E-state index in [1.165, 1.54) is 13.8 Å². The van der Waals surface area contributed by atoms with Gasteiger partial charge in [0, 0.05) is 0 Å². The summed E-state index contributed by atoms with van der Waals surface area (Å²) in [4.78, 5) is 0. The monoisotopic (exact) mass is 236 g/mol. The summed E-state index contributed by atoms with van der Waals surface area (Å²) in [5.74, 6) is -1.48. The highest BCUT2D eigenvalue weighted by Gasteiger charge is 2.43. The van der Waals surface area contributed by atoms with Crippen LogP contribution in [0.3, 0.4) is 0 Å². The molecule has 0 heterocycles. The van der Waals surface area contributed by atoms with Crippen molar-refractivity contribution in [3.8, 4) is 0 Å². The summed E-state index contributed by atoms with van der Waals surface area (Å²) in [7, 11) is -4.70. The van der Waals surface area contributed by atoms with E-state index in [4.69, 9.17) is 4.55 Å². The summed E-state index contributed by atoms with van der Waals surface area (Å²) in [6, 6.07) is 0. The van der Waals surface area contributed by atoms with Gasteiger partial charge in [-0.15, -0.1) is 0 Å². The zero-order valence-electron chi connectivity index (χ0n) is 7.58. The third-order valence-electron chi connectivity index (χ3n) is 1.16. The fourth-order valence-corrected chi connectivity index (χ4v) is 1.38. The molecule has 1 N–H and O–H groups in total. The third-order valence-corrected chi connectivity index (χ3v) is 1.89. The van der Waals surface area contributed by atoms with Gasteiger partial charge in [0.05, 0.1) is 6.10 Å². The summed E-state index contributed by atoms with van der Waals surface area (Å²) in [5.41, 5.74) is 0. The Morgan fingerprint density at radius 1 is 1.36 bits per heavy atom. The molecule has 0 radical (unpaired) electrons. The first-order valence-corrected chi connectivity index (χ1v) is 5.30. The largest absolute Gasteiger partial charge is 0.415 e. The molecule has 0 amide bonds. The van der Waals surface area contributed by atoms with Gasteiger partial charge in [0.15, 0.2) is 6.10 Å². The second-order valence-corrected chi connectivity index (χ2v) is 4.46. The van der Waals surface area contributed by atoms with Crippen molar-refractivity contribution in [2.24, 2.45) is 0 Å². The molecule has 0 fully saturated rings. The predicted octanol–water partition coefficient (Wildman–Crippen LogP) is 1.23. The normalized spacial score (nSPS) is 15.9. The van der Waals surface area contributed by atoms with Crippen LogP contribution in [0.25, 0.3) is 0 Å². The second-order valence-electron chi connectivity index (χ2n) is 2.96. The molecular formula is C6H11F3O4S. The van der Waals surface area contributed by atoms with Gasteiger partial charge < -0.3 is 4.74 Å². The van der Waals surface area contributed by atoms with E-state index in [1.807, 2.05) is 0 Å². The molecule has 14 heavy (non-hydrogen) atoms. The third kappa shape index (κ3) is 6.17. The van der Waals surface area contributed by atoms with Crippen molar-refractivity contribution in [3.05, 3.63) is 0 Å². The van der Waals surface area contributed by atoms with Crippen molar-refractivity contribution < 1.29 is 30.9 Å². The number of rotatable bonds is 4. The maximum Gasteiger partial charge on any atom is 0.415 e. The molecule has 0 aliphatic rings. The average Bonchev–Trinajstić information content (AvgIpc) is 1.78. The molecule has 0 rings (SSSR count). The van der Waals surface area contributed by atoms with Gasteiger partial charge >= 0.3 is 6.18 Å². The summed E-state index contributed by atoms with van der Waals surface area (Å²) >= 11 is 0. The molecule has 0 saturated heterocycles. The van der Waals surface area contributed by atoms with Crippen LogP contribution in [0.4, 0.5) is 13.2 Å².